The standard InChI is InChI=1S/C35H29ClN2O5S/c1-4-42-34(40)30-21(2)37-35-38(32(30)31-27-11-6-5-9-24(27)14-17-28(31)41-3)33(39)29(44-35)19-23-8-7-10-26(18-23)43-20-22-12-15-25(36)16-13-22/h5-19,32H,4,20H2,1-3H3/b29-19-/t32-/m0/s1. The Kier molecular flexibility index (Phi) is 8.37. The fourth-order valence-corrected chi connectivity index (χ4v) is 6.57. The number of nitrogens with zero attached hydrogens (tertiary/aromatic N) is 2. The Morgan fingerprint density at radius 2 is 1.84 bits per heavy atom. The van der Waals surface area contributed by atoms with Crippen molar-refractivity contribution in [1.29, 1.82) is 0 Å². The summed E-state index contributed by atoms with van der Waals surface area (Å²) in [7, 11) is 1.58. The Morgan fingerprint density at radius 3 is 2.61 bits per heavy atom. The van der Waals surface area contributed by atoms with Crippen molar-refractivity contribution in [2.75, 3.05) is 13.7 Å². The summed E-state index contributed by atoms with van der Waals surface area (Å²) in [5, 5.41) is 2.50. The van der Waals surface area contributed by atoms with E-state index in [9.17, 15) is 9.59 Å². The molecule has 0 aliphatic carbocycles. The third-order valence-electron chi connectivity index (χ3n) is 7.42. The lowest BCUT2D eigenvalue weighted by atomic mass is 9.90. The lowest BCUT2D eigenvalue weighted by molar-refractivity contribution is -0.139. The number of carbonyl (C=O) groups is 1. The molecule has 0 amide bonds. The monoisotopic (exact) mass is 624 g/mol. The van der Waals surface area contributed by atoms with Gasteiger partial charge in [0, 0.05) is 10.6 Å². The van der Waals surface area contributed by atoms with Crippen molar-refractivity contribution in [3.8, 4) is 11.5 Å². The lowest BCUT2D eigenvalue weighted by Crippen LogP contribution is -2.40. The molecule has 0 saturated carbocycles. The van der Waals surface area contributed by atoms with Gasteiger partial charge in [0.1, 0.15) is 24.1 Å². The van der Waals surface area contributed by atoms with Gasteiger partial charge in [-0.2, -0.15) is 0 Å². The number of ether oxygens (including phenoxy) is 3. The van der Waals surface area contributed by atoms with Gasteiger partial charge in [-0.15, -0.1) is 0 Å². The van der Waals surface area contributed by atoms with Crippen LogP contribution in [-0.4, -0.2) is 24.3 Å². The second-order valence-corrected chi connectivity index (χ2v) is 11.6. The van der Waals surface area contributed by atoms with Crippen LogP contribution >= 0.6 is 22.9 Å². The predicted octanol–water partition coefficient (Wildman–Crippen LogP) is 6.19. The fraction of sp³-hybridized carbons (Fsp3) is 0.171. The van der Waals surface area contributed by atoms with E-state index in [1.165, 1.54) is 11.3 Å². The minimum Gasteiger partial charge on any atom is -0.496 e. The molecule has 1 atom stereocenters. The van der Waals surface area contributed by atoms with Gasteiger partial charge >= 0.3 is 5.97 Å². The van der Waals surface area contributed by atoms with Crippen LogP contribution in [0.3, 0.4) is 0 Å². The second kappa shape index (κ2) is 12.5. The van der Waals surface area contributed by atoms with Crippen molar-refractivity contribution in [2.24, 2.45) is 4.99 Å². The van der Waals surface area contributed by atoms with Gasteiger partial charge in [0.2, 0.25) is 0 Å². The number of halogens is 1. The van der Waals surface area contributed by atoms with Gasteiger partial charge in [0.15, 0.2) is 4.80 Å². The zero-order valence-electron chi connectivity index (χ0n) is 24.4. The van der Waals surface area contributed by atoms with E-state index >= 15 is 0 Å². The maximum Gasteiger partial charge on any atom is 0.338 e. The Labute approximate surface area is 262 Å². The summed E-state index contributed by atoms with van der Waals surface area (Å²) in [5.74, 6) is 0.708. The topological polar surface area (TPSA) is 79.1 Å². The molecule has 0 spiro atoms. The molecule has 0 fully saturated rings. The Morgan fingerprint density at radius 1 is 1.05 bits per heavy atom. The molecule has 0 unspecified atom stereocenters. The molecule has 2 heterocycles. The van der Waals surface area contributed by atoms with Crippen LogP contribution in [0.2, 0.25) is 5.02 Å². The molecule has 5 aromatic rings. The molecule has 0 N–H and O–H groups in total. The summed E-state index contributed by atoms with van der Waals surface area (Å²) in [6.07, 6.45) is 1.82. The fourth-order valence-electron chi connectivity index (χ4n) is 5.39. The minimum absolute atomic E-state index is 0.190. The van der Waals surface area contributed by atoms with Gasteiger partial charge in [-0.05, 0) is 72.2 Å². The van der Waals surface area contributed by atoms with Gasteiger partial charge in [0.25, 0.3) is 5.56 Å². The van der Waals surface area contributed by atoms with Gasteiger partial charge in [-0.25, -0.2) is 9.79 Å². The molecular formula is C35H29ClN2O5S. The number of methoxy groups -OCH3 is 1. The SMILES string of the molecule is CCOC(=O)C1=C(C)N=c2s/c(=C\c3cccc(OCc4ccc(Cl)cc4)c3)c(=O)n2[C@@H]1c1c(OC)ccc2ccccc12. The van der Waals surface area contributed by atoms with Crippen LogP contribution in [-0.2, 0) is 16.1 Å². The van der Waals surface area contributed by atoms with Crippen LogP contribution < -0.4 is 24.4 Å². The average molecular weight is 625 g/mol. The van der Waals surface area contributed by atoms with E-state index in [1.807, 2.05) is 91.0 Å². The molecule has 1 aliphatic rings. The maximum absolute atomic E-state index is 14.2. The molecule has 9 heteroatoms. The molecule has 6 rings (SSSR count). The summed E-state index contributed by atoms with van der Waals surface area (Å²) in [4.78, 5) is 32.9. The quantitative estimate of drug-likeness (QED) is 0.192. The lowest BCUT2D eigenvalue weighted by Gasteiger charge is -2.27. The third-order valence-corrected chi connectivity index (χ3v) is 8.65. The van der Waals surface area contributed by atoms with E-state index in [0.717, 1.165) is 21.9 Å². The first-order valence-electron chi connectivity index (χ1n) is 14.1. The highest BCUT2D eigenvalue weighted by Crippen LogP contribution is 2.40. The van der Waals surface area contributed by atoms with E-state index in [4.69, 9.17) is 30.8 Å². The van der Waals surface area contributed by atoms with E-state index in [1.54, 1.807) is 25.5 Å². The van der Waals surface area contributed by atoms with Gasteiger partial charge in [0.05, 0.1) is 29.5 Å². The third kappa shape index (κ3) is 5.66. The Hall–Kier alpha value is -4.66. The highest BCUT2D eigenvalue weighted by atomic mass is 35.5. The second-order valence-electron chi connectivity index (χ2n) is 10.2. The number of aromatic nitrogens is 1. The molecule has 1 aromatic heterocycles. The maximum atomic E-state index is 14.2. The highest BCUT2D eigenvalue weighted by molar-refractivity contribution is 7.07. The van der Waals surface area contributed by atoms with Crippen molar-refractivity contribution in [3.63, 3.8) is 0 Å². The van der Waals surface area contributed by atoms with E-state index in [2.05, 4.69) is 0 Å². The highest BCUT2D eigenvalue weighted by Gasteiger charge is 2.36. The summed E-state index contributed by atoms with van der Waals surface area (Å²) in [6.45, 7) is 4.10. The van der Waals surface area contributed by atoms with Crippen LogP contribution in [0.5, 0.6) is 11.5 Å². The van der Waals surface area contributed by atoms with Crippen LogP contribution in [0, 0.1) is 0 Å². The molecular weight excluding hydrogens is 596 g/mol. The van der Waals surface area contributed by atoms with Crippen molar-refractivity contribution < 1.29 is 19.0 Å². The van der Waals surface area contributed by atoms with Crippen LogP contribution in [0.15, 0.2) is 106 Å². The molecule has 222 valence electrons. The zero-order chi connectivity index (χ0) is 30.8. The van der Waals surface area contributed by atoms with Crippen molar-refractivity contribution >= 4 is 45.8 Å². The molecule has 0 radical (unpaired) electrons. The van der Waals surface area contributed by atoms with Gasteiger partial charge in [-0.3, -0.25) is 9.36 Å². The number of carbonyl (C=O) groups excluding carboxylic acids is 1. The normalized spacial score (nSPS) is 14.7. The van der Waals surface area contributed by atoms with Gasteiger partial charge < -0.3 is 14.2 Å². The first-order valence-corrected chi connectivity index (χ1v) is 15.3. The molecule has 7 nitrogen and oxygen atoms in total. The minimum atomic E-state index is -0.803. The van der Waals surface area contributed by atoms with Crippen LogP contribution in [0.25, 0.3) is 16.8 Å². The first kappa shape index (κ1) is 29.4. The molecule has 4 aromatic carbocycles. The number of benzene rings is 4. The van der Waals surface area contributed by atoms with E-state index in [-0.39, 0.29) is 12.2 Å². The Bertz CT molecular complexity index is 2100. The number of esters is 1. The van der Waals surface area contributed by atoms with Crippen molar-refractivity contribution in [3.05, 3.63) is 138 Å². The number of allylic oxidation sites excluding steroid dienone is 1. The summed E-state index contributed by atoms with van der Waals surface area (Å²) >= 11 is 7.27. The largest absolute Gasteiger partial charge is 0.496 e. The molecule has 44 heavy (non-hydrogen) atoms. The predicted molar refractivity (Wildman–Crippen MR) is 173 cm³/mol. The molecule has 0 bridgehead atoms. The number of hydrogen-bond acceptors (Lipinski definition) is 7. The molecule has 1 aliphatic heterocycles. The summed E-state index contributed by atoms with van der Waals surface area (Å²) in [6, 6.07) is 25.9. The van der Waals surface area contributed by atoms with Crippen LogP contribution in [0.4, 0.5) is 0 Å². The van der Waals surface area contributed by atoms with Crippen molar-refractivity contribution in [1.82, 2.24) is 4.57 Å². The van der Waals surface area contributed by atoms with E-state index < -0.39 is 12.0 Å². The number of fused-ring (bicyclic) bond motifs is 2. The van der Waals surface area contributed by atoms with E-state index in [0.29, 0.717) is 49.3 Å². The van der Waals surface area contributed by atoms with Crippen LogP contribution in [0.1, 0.15) is 36.6 Å². The van der Waals surface area contributed by atoms with Crippen molar-refractivity contribution in [2.45, 2.75) is 26.5 Å². The first-order chi connectivity index (χ1) is 21.4. The Balaban J connectivity index is 1.47. The number of hydrogen-bond donors (Lipinski definition) is 0. The summed E-state index contributed by atoms with van der Waals surface area (Å²) in [5.41, 5.74) is 3.02. The van der Waals surface area contributed by atoms with Gasteiger partial charge in [-0.1, -0.05) is 77.5 Å². The summed E-state index contributed by atoms with van der Waals surface area (Å²) < 4.78 is 19.4. The average Bonchev–Trinajstić information content (AvgIpc) is 3.33. The smallest absolute Gasteiger partial charge is 0.338 e. The zero-order valence-corrected chi connectivity index (χ0v) is 25.9. The number of rotatable bonds is 8. The number of thiazole rings is 1. The molecule has 0 saturated heterocycles.